The summed E-state index contributed by atoms with van der Waals surface area (Å²) in [5, 5.41) is 0. The second kappa shape index (κ2) is 21.0. The summed E-state index contributed by atoms with van der Waals surface area (Å²) in [7, 11) is 0. The van der Waals surface area contributed by atoms with Crippen molar-refractivity contribution in [2.24, 2.45) is 29.6 Å². The lowest BCUT2D eigenvalue weighted by Gasteiger charge is -1.95. The highest BCUT2D eigenvalue weighted by molar-refractivity contribution is 4.75. The fourth-order valence-corrected chi connectivity index (χ4v) is 1.34. The van der Waals surface area contributed by atoms with Crippen LogP contribution in [0.15, 0.2) is 0 Å². The lowest BCUT2D eigenvalue weighted by Crippen LogP contribution is -1.85. The zero-order valence-electron chi connectivity index (χ0n) is 17.4. The van der Waals surface area contributed by atoms with E-state index in [-0.39, 0.29) is 7.43 Å². The smallest absolute Gasteiger partial charge is 0.0391 e. The lowest BCUT2D eigenvalue weighted by atomic mass is 10.1. The van der Waals surface area contributed by atoms with Crippen molar-refractivity contribution in [2.45, 2.75) is 116 Å². The molecule has 0 unspecified atom stereocenters. The molecule has 0 heteroatoms. The van der Waals surface area contributed by atoms with E-state index in [0.717, 1.165) is 29.6 Å². The van der Waals surface area contributed by atoms with Crippen molar-refractivity contribution in [3.05, 3.63) is 0 Å². The van der Waals surface area contributed by atoms with Crippen LogP contribution in [0.5, 0.6) is 0 Å². The van der Waals surface area contributed by atoms with Crippen LogP contribution in [-0.2, 0) is 0 Å². The van der Waals surface area contributed by atoms with Gasteiger partial charge in [0.15, 0.2) is 0 Å². The fourth-order valence-electron chi connectivity index (χ4n) is 1.34. The van der Waals surface area contributed by atoms with Gasteiger partial charge in [0.2, 0.25) is 0 Å². The summed E-state index contributed by atoms with van der Waals surface area (Å²) in [6.07, 6.45) is 7.01. The van der Waals surface area contributed by atoms with Gasteiger partial charge in [0.05, 0.1) is 0 Å². The van der Waals surface area contributed by atoms with Gasteiger partial charge in [-0.05, 0) is 42.4 Å². The van der Waals surface area contributed by atoms with Crippen LogP contribution in [0.2, 0.25) is 0 Å². The average Bonchev–Trinajstić information content (AvgIpc) is 3.13. The third-order valence-corrected chi connectivity index (χ3v) is 3.25. The number of hydrogen-bond acceptors (Lipinski definition) is 0. The molecule has 0 bridgehead atoms. The molecule has 22 heavy (non-hydrogen) atoms. The molecule has 0 spiro atoms. The third-order valence-electron chi connectivity index (χ3n) is 3.25. The van der Waals surface area contributed by atoms with Crippen molar-refractivity contribution in [1.82, 2.24) is 0 Å². The Balaban J connectivity index is -0.0000000981. The fraction of sp³-hybridized carbons (Fsp3) is 1.00. The zero-order valence-corrected chi connectivity index (χ0v) is 17.4. The van der Waals surface area contributed by atoms with Crippen molar-refractivity contribution >= 4 is 0 Å². The van der Waals surface area contributed by atoms with Gasteiger partial charge >= 0.3 is 0 Å². The van der Waals surface area contributed by atoms with E-state index in [0.29, 0.717) is 0 Å². The van der Waals surface area contributed by atoms with Gasteiger partial charge in [-0.3, -0.25) is 0 Å². The molecule has 1 aliphatic carbocycles. The van der Waals surface area contributed by atoms with Crippen molar-refractivity contribution < 1.29 is 0 Å². The monoisotopic (exact) mass is 316 g/mol. The molecule has 0 aliphatic heterocycles. The van der Waals surface area contributed by atoms with E-state index in [1.165, 1.54) is 32.1 Å². The van der Waals surface area contributed by atoms with Gasteiger partial charge in [-0.25, -0.2) is 0 Å². The van der Waals surface area contributed by atoms with Crippen LogP contribution >= 0.6 is 0 Å². The molecule has 0 heterocycles. The van der Waals surface area contributed by atoms with E-state index in [2.05, 4.69) is 76.2 Å². The van der Waals surface area contributed by atoms with Crippen LogP contribution in [0.1, 0.15) is 116 Å². The summed E-state index contributed by atoms with van der Waals surface area (Å²) < 4.78 is 0. The lowest BCUT2D eigenvalue weighted by molar-refractivity contribution is 0.563. The van der Waals surface area contributed by atoms with Crippen LogP contribution in [0.25, 0.3) is 0 Å². The minimum absolute atomic E-state index is 0. The summed E-state index contributed by atoms with van der Waals surface area (Å²) in [5.41, 5.74) is 0. The summed E-state index contributed by atoms with van der Waals surface area (Å²) in [6.45, 7) is 24.5. The molecule has 1 aliphatic rings. The molecule has 0 atom stereocenters. The molecule has 0 amide bonds. The first-order valence-corrected chi connectivity index (χ1v) is 9.58. The molecule has 1 fully saturated rings. The predicted molar refractivity (Wildman–Crippen MR) is 110 cm³/mol. The molecular weight excluding hydrogens is 264 g/mol. The molecule has 0 nitrogen and oxygen atoms in total. The Morgan fingerprint density at radius 2 is 1.05 bits per heavy atom. The minimum Gasteiger partial charge on any atom is -0.0776 e. The maximum Gasteiger partial charge on any atom is -0.0391 e. The van der Waals surface area contributed by atoms with Crippen molar-refractivity contribution in [2.75, 3.05) is 0 Å². The van der Waals surface area contributed by atoms with Gasteiger partial charge in [0.1, 0.15) is 0 Å². The van der Waals surface area contributed by atoms with Gasteiger partial charge < -0.3 is 0 Å². The van der Waals surface area contributed by atoms with Crippen LogP contribution in [-0.4, -0.2) is 0 Å². The highest BCUT2D eigenvalue weighted by atomic mass is 14.3. The first-order valence-electron chi connectivity index (χ1n) is 9.58. The van der Waals surface area contributed by atoms with E-state index in [1.54, 1.807) is 0 Å². The molecule has 140 valence electrons. The SMILES string of the molecule is C.CC(C)C.CC(C)C1CC1.CCC(C)C.CCCC(C)C. The Hall–Kier alpha value is 0. The Labute approximate surface area is 145 Å². The van der Waals surface area contributed by atoms with Crippen LogP contribution in [0.4, 0.5) is 0 Å². The summed E-state index contributed by atoms with van der Waals surface area (Å²) in [5.74, 6) is 4.68. The minimum atomic E-state index is 0. The van der Waals surface area contributed by atoms with E-state index in [4.69, 9.17) is 0 Å². The first-order chi connectivity index (χ1) is 9.58. The van der Waals surface area contributed by atoms with Gasteiger partial charge in [-0.1, -0.05) is 103 Å². The molecule has 1 rings (SSSR count). The summed E-state index contributed by atoms with van der Waals surface area (Å²) in [6, 6.07) is 0. The largest absolute Gasteiger partial charge is 0.0776 e. The topological polar surface area (TPSA) is 0 Å². The van der Waals surface area contributed by atoms with Crippen molar-refractivity contribution in [3.8, 4) is 0 Å². The van der Waals surface area contributed by atoms with Gasteiger partial charge in [0.25, 0.3) is 0 Å². The maximum atomic E-state index is 2.30. The Morgan fingerprint density at radius 1 is 0.727 bits per heavy atom. The zero-order chi connectivity index (χ0) is 17.4. The van der Waals surface area contributed by atoms with Crippen molar-refractivity contribution in [1.29, 1.82) is 0 Å². The molecule has 1 saturated carbocycles. The van der Waals surface area contributed by atoms with E-state index < -0.39 is 0 Å². The molecule has 0 N–H and O–H groups in total. The predicted octanol–water partition coefficient (Wildman–Crippen LogP) is 8.85. The van der Waals surface area contributed by atoms with E-state index in [9.17, 15) is 0 Å². The standard InChI is InChI=1S/C6H12.C6H14.C5H12.C4H10.CH4/c1-5(2)6-3-4-6;1-4-5-6(2)3;1-4-5(2)3;1-4(2)3;/h5-6H,3-4H2,1-2H3;6H,4-5H2,1-3H3;5H,4H2,1-3H3;4H,1-3H3;1H4. The van der Waals surface area contributed by atoms with Crippen LogP contribution < -0.4 is 0 Å². The van der Waals surface area contributed by atoms with Crippen LogP contribution in [0.3, 0.4) is 0 Å². The van der Waals surface area contributed by atoms with E-state index >= 15 is 0 Å². The van der Waals surface area contributed by atoms with Gasteiger partial charge in [-0.2, -0.15) is 0 Å². The number of hydrogen-bond donors (Lipinski definition) is 0. The normalized spacial score (nSPS) is 12.7. The first kappa shape index (κ1) is 29.9. The maximum absolute atomic E-state index is 2.30. The quantitative estimate of drug-likeness (QED) is 0.486. The van der Waals surface area contributed by atoms with E-state index in [1.807, 2.05) is 0 Å². The van der Waals surface area contributed by atoms with Crippen LogP contribution in [0, 0.1) is 29.6 Å². The molecular formula is C22H52. The van der Waals surface area contributed by atoms with Gasteiger partial charge in [0, 0.05) is 0 Å². The van der Waals surface area contributed by atoms with Crippen molar-refractivity contribution in [3.63, 3.8) is 0 Å². The molecule has 0 aromatic carbocycles. The Kier molecular flexibility index (Phi) is 28.6. The second-order valence-electron chi connectivity index (χ2n) is 8.30. The third kappa shape index (κ3) is 50.1. The Morgan fingerprint density at radius 3 is 1.05 bits per heavy atom. The molecule has 0 aromatic rings. The molecule has 0 aromatic heterocycles. The highest BCUT2D eigenvalue weighted by Crippen LogP contribution is 2.35. The Bertz CT molecular complexity index is 158. The highest BCUT2D eigenvalue weighted by Gasteiger charge is 2.23. The molecule has 0 saturated heterocycles. The molecule has 0 radical (unpaired) electrons. The second-order valence-corrected chi connectivity index (χ2v) is 8.30. The van der Waals surface area contributed by atoms with Gasteiger partial charge in [-0.15, -0.1) is 0 Å². The summed E-state index contributed by atoms with van der Waals surface area (Å²) >= 11 is 0. The summed E-state index contributed by atoms with van der Waals surface area (Å²) in [4.78, 5) is 0. The number of rotatable bonds is 4. The average molecular weight is 317 g/mol.